The maximum atomic E-state index is 11.5. The van der Waals surface area contributed by atoms with Crippen molar-refractivity contribution in [2.24, 2.45) is 5.41 Å². The Morgan fingerprint density at radius 2 is 2.29 bits per heavy atom. The zero-order valence-electron chi connectivity index (χ0n) is 10.1. The number of rotatable bonds is 3. The van der Waals surface area contributed by atoms with Crippen LogP contribution in [0.1, 0.15) is 25.8 Å². The first-order valence-electron chi connectivity index (χ1n) is 5.72. The first-order chi connectivity index (χ1) is 8.05. The lowest BCUT2D eigenvalue weighted by Gasteiger charge is -2.21. The molecule has 1 aromatic rings. The van der Waals surface area contributed by atoms with Crippen LogP contribution in [0.15, 0.2) is 24.3 Å². The summed E-state index contributed by atoms with van der Waals surface area (Å²) < 4.78 is 5.75. The summed E-state index contributed by atoms with van der Waals surface area (Å²) in [5.41, 5.74) is 0.216. The normalized spacial score (nSPS) is 20.9. The predicted octanol–water partition coefficient (Wildman–Crippen LogP) is 2.50. The minimum atomic E-state index is -0.938. The molecular formula is C14H15NO2. The standard InChI is InChI=1S/C14H15NO2/c1-10(16)14(2,9-15)8-12-7-11-5-3-4-6-13(11)17-12/h3-6,12H,7-8H2,1-2H3. The van der Waals surface area contributed by atoms with Gasteiger partial charge < -0.3 is 4.74 Å². The summed E-state index contributed by atoms with van der Waals surface area (Å²) in [6, 6.07) is 9.94. The Labute approximate surface area is 101 Å². The van der Waals surface area contributed by atoms with Crippen LogP contribution in [-0.2, 0) is 11.2 Å². The van der Waals surface area contributed by atoms with Crippen LogP contribution in [0.5, 0.6) is 5.75 Å². The molecule has 0 saturated heterocycles. The van der Waals surface area contributed by atoms with Crippen LogP contribution >= 0.6 is 0 Å². The van der Waals surface area contributed by atoms with Gasteiger partial charge in [0.2, 0.25) is 0 Å². The number of ether oxygens (including phenoxy) is 1. The van der Waals surface area contributed by atoms with Gasteiger partial charge in [-0.1, -0.05) is 18.2 Å². The van der Waals surface area contributed by atoms with Gasteiger partial charge in [0, 0.05) is 12.8 Å². The number of nitrogens with zero attached hydrogens (tertiary/aromatic N) is 1. The van der Waals surface area contributed by atoms with Crippen molar-refractivity contribution in [3.05, 3.63) is 29.8 Å². The molecule has 88 valence electrons. The molecule has 3 nitrogen and oxygen atoms in total. The third kappa shape index (κ3) is 2.16. The van der Waals surface area contributed by atoms with Crippen molar-refractivity contribution in [2.45, 2.75) is 32.8 Å². The molecule has 2 rings (SSSR count). The first-order valence-corrected chi connectivity index (χ1v) is 5.72. The summed E-state index contributed by atoms with van der Waals surface area (Å²) in [6.45, 7) is 3.15. The molecule has 2 unspecified atom stereocenters. The summed E-state index contributed by atoms with van der Waals surface area (Å²) >= 11 is 0. The fourth-order valence-corrected chi connectivity index (χ4v) is 2.09. The Morgan fingerprint density at radius 1 is 1.59 bits per heavy atom. The lowest BCUT2D eigenvalue weighted by Crippen LogP contribution is -2.30. The van der Waals surface area contributed by atoms with E-state index in [0.717, 1.165) is 17.7 Å². The Balaban J connectivity index is 2.10. The molecule has 0 N–H and O–H groups in total. The van der Waals surface area contributed by atoms with E-state index in [1.165, 1.54) is 6.92 Å². The number of carbonyl (C=O) groups is 1. The van der Waals surface area contributed by atoms with Gasteiger partial charge in [0.15, 0.2) is 0 Å². The van der Waals surface area contributed by atoms with E-state index in [1.807, 2.05) is 24.3 Å². The second kappa shape index (κ2) is 4.21. The Bertz CT molecular complexity index is 464. The van der Waals surface area contributed by atoms with Gasteiger partial charge in [-0.3, -0.25) is 4.79 Å². The topological polar surface area (TPSA) is 50.1 Å². The van der Waals surface area contributed by atoms with Gasteiger partial charge in [0.25, 0.3) is 0 Å². The van der Waals surface area contributed by atoms with Gasteiger partial charge in [-0.05, 0) is 25.5 Å². The lowest BCUT2D eigenvalue weighted by molar-refractivity contribution is -0.124. The second-order valence-corrected chi connectivity index (χ2v) is 4.76. The molecule has 17 heavy (non-hydrogen) atoms. The van der Waals surface area contributed by atoms with E-state index in [-0.39, 0.29) is 11.9 Å². The monoisotopic (exact) mass is 229 g/mol. The molecule has 0 spiro atoms. The van der Waals surface area contributed by atoms with Crippen molar-refractivity contribution >= 4 is 5.78 Å². The average Bonchev–Trinajstić information content (AvgIpc) is 2.70. The number of Topliss-reactive ketones (excluding diaryl/α,β-unsaturated/α-hetero) is 1. The van der Waals surface area contributed by atoms with E-state index in [1.54, 1.807) is 6.92 Å². The van der Waals surface area contributed by atoms with Crippen molar-refractivity contribution < 1.29 is 9.53 Å². The van der Waals surface area contributed by atoms with Crippen LogP contribution < -0.4 is 4.74 Å². The maximum absolute atomic E-state index is 11.5. The molecule has 0 aromatic heterocycles. The van der Waals surface area contributed by atoms with Crippen molar-refractivity contribution in [1.82, 2.24) is 0 Å². The summed E-state index contributed by atoms with van der Waals surface area (Å²) in [5, 5.41) is 9.11. The Kier molecular flexibility index (Phi) is 2.89. The molecule has 1 heterocycles. The zero-order valence-corrected chi connectivity index (χ0v) is 10.1. The SMILES string of the molecule is CC(=O)C(C)(C#N)CC1Cc2ccccc2O1. The van der Waals surface area contributed by atoms with Crippen LogP contribution in [-0.4, -0.2) is 11.9 Å². The molecule has 0 aliphatic carbocycles. The van der Waals surface area contributed by atoms with Crippen molar-refractivity contribution in [2.75, 3.05) is 0 Å². The molecule has 0 radical (unpaired) electrons. The minimum Gasteiger partial charge on any atom is -0.490 e. The number of para-hydroxylation sites is 1. The molecule has 0 fully saturated rings. The van der Waals surface area contributed by atoms with Gasteiger partial charge in [-0.15, -0.1) is 0 Å². The van der Waals surface area contributed by atoms with E-state index < -0.39 is 5.41 Å². The summed E-state index contributed by atoms with van der Waals surface area (Å²) in [6.07, 6.45) is 1.16. The number of ketones is 1. The Hall–Kier alpha value is -1.82. The van der Waals surface area contributed by atoms with Crippen LogP contribution in [0.25, 0.3) is 0 Å². The van der Waals surface area contributed by atoms with Crippen molar-refractivity contribution in [3.63, 3.8) is 0 Å². The number of benzene rings is 1. The van der Waals surface area contributed by atoms with Crippen LogP contribution in [0.4, 0.5) is 0 Å². The van der Waals surface area contributed by atoms with Gasteiger partial charge in [-0.2, -0.15) is 5.26 Å². The minimum absolute atomic E-state index is 0.0686. The fraction of sp³-hybridized carbons (Fsp3) is 0.429. The van der Waals surface area contributed by atoms with Gasteiger partial charge in [0.05, 0.1) is 6.07 Å². The second-order valence-electron chi connectivity index (χ2n) is 4.76. The smallest absolute Gasteiger partial charge is 0.149 e. The highest BCUT2D eigenvalue weighted by molar-refractivity contribution is 5.84. The molecular weight excluding hydrogens is 214 g/mol. The van der Waals surface area contributed by atoms with Gasteiger partial charge in [0.1, 0.15) is 23.1 Å². The highest BCUT2D eigenvalue weighted by Crippen LogP contribution is 2.34. The lowest BCUT2D eigenvalue weighted by atomic mass is 9.81. The largest absolute Gasteiger partial charge is 0.490 e. The molecule has 1 aliphatic heterocycles. The van der Waals surface area contributed by atoms with Crippen molar-refractivity contribution in [1.29, 1.82) is 5.26 Å². The molecule has 1 aromatic carbocycles. The van der Waals surface area contributed by atoms with Crippen LogP contribution in [0.3, 0.4) is 0 Å². The molecule has 1 aliphatic rings. The quantitative estimate of drug-likeness (QED) is 0.800. The summed E-state index contributed by atoms with van der Waals surface area (Å²) in [5.74, 6) is 0.779. The van der Waals surface area contributed by atoms with Crippen molar-refractivity contribution in [3.8, 4) is 11.8 Å². The number of hydrogen-bond acceptors (Lipinski definition) is 3. The first kappa shape index (κ1) is 11.7. The van der Waals surface area contributed by atoms with E-state index >= 15 is 0 Å². The van der Waals surface area contributed by atoms with Crippen LogP contribution in [0.2, 0.25) is 0 Å². The summed E-state index contributed by atoms with van der Waals surface area (Å²) in [7, 11) is 0. The molecule has 2 atom stereocenters. The highest BCUT2D eigenvalue weighted by atomic mass is 16.5. The maximum Gasteiger partial charge on any atom is 0.149 e. The average molecular weight is 229 g/mol. The van der Waals surface area contributed by atoms with Crippen LogP contribution in [0, 0.1) is 16.7 Å². The molecule has 0 saturated carbocycles. The van der Waals surface area contributed by atoms with E-state index in [4.69, 9.17) is 10.00 Å². The Morgan fingerprint density at radius 3 is 2.88 bits per heavy atom. The zero-order chi connectivity index (χ0) is 12.5. The van der Waals surface area contributed by atoms with E-state index in [2.05, 4.69) is 6.07 Å². The highest BCUT2D eigenvalue weighted by Gasteiger charge is 2.36. The fourth-order valence-electron chi connectivity index (χ4n) is 2.09. The molecule has 0 amide bonds. The number of nitriles is 1. The summed E-state index contributed by atoms with van der Waals surface area (Å²) in [4.78, 5) is 11.5. The van der Waals surface area contributed by atoms with Gasteiger partial charge >= 0.3 is 0 Å². The third-order valence-electron chi connectivity index (χ3n) is 3.37. The third-order valence-corrected chi connectivity index (χ3v) is 3.37. The number of fused-ring (bicyclic) bond motifs is 1. The predicted molar refractivity (Wildman–Crippen MR) is 63.6 cm³/mol. The van der Waals surface area contributed by atoms with E-state index in [9.17, 15) is 4.79 Å². The molecule has 0 bridgehead atoms. The number of carbonyl (C=O) groups excluding carboxylic acids is 1. The number of hydrogen-bond donors (Lipinski definition) is 0. The van der Waals surface area contributed by atoms with Gasteiger partial charge in [-0.25, -0.2) is 0 Å². The molecule has 3 heteroatoms. The van der Waals surface area contributed by atoms with E-state index in [0.29, 0.717) is 6.42 Å².